The Morgan fingerprint density at radius 3 is 3.06 bits per heavy atom. The number of nitriles is 1. The molecule has 0 spiro atoms. The van der Waals surface area contributed by atoms with Gasteiger partial charge in [0.25, 0.3) is 0 Å². The molecule has 0 radical (unpaired) electrons. The van der Waals surface area contributed by atoms with Crippen molar-refractivity contribution >= 4 is 5.57 Å². The second-order valence-electron chi connectivity index (χ2n) is 4.65. The van der Waals surface area contributed by atoms with Crippen LogP contribution in [0, 0.1) is 11.3 Å². The highest BCUT2D eigenvalue weighted by Gasteiger charge is 2.21. The molecule has 86 valence electrons. The molecule has 3 rings (SSSR count). The summed E-state index contributed by atoms with van der Waals surface area (Å²) in [6.45, 7) is 1.86. The minimum absolute atomic E-state index is 0.815. The number of nitrogens with one attached hydrogen (secondary N) is 1. The second-order valence-corrected chi connectivity index (χ2v) is 4.65. The van der Waals surface area contributed by atoms with E-state index in [1.54, 1.807) is 0 Å². The summed E-state index contributed by atoms with van der Waals surface area (Å²) in [4.78, 5) is 4.51. The number of fused-ring (bicyclic) bond motifs is 1. The molecule has 1 aliphatic carbocycles. The number of rotatable bonds is 1. The molecule has 1 N–H and O–H groups in total. The lowest BCUT2D eigenvalue weighted by atomic mass is 9.98. The Kier molecular flexibility index (Phi) is 2.66. The van der Waals surface area contributed by atoms with Gasteiger partial charge in [0.2, 0.25) is 0 Å². The van der Waals surface area contributed by atoms with Crippen molar-refractivity contribution in [2.75, 3.05) is 13.1 Å². The first-order valence-electron chi connectivity index (χ1n) is 6.21. The van der Waals surface area contributed by atoms with E-state index in [1.165, 1.54) is 16.7 Å². The third kappa shape index (κ3) is 1.75. The van der Waals surface area contributed by atoms with Crippen molar-refractivity contribution in [2.45, 2.75) is 25.7 Å². The maximum Gasteiger partial charge on any atom is 0.102 e. The van der Waals surface area contributed by atoms with Crippen LogP contribution in [0.15, 0.2) is 12.3 Å². The fourth-order valence-corrected chi connectivity index (χ4v) is 2.73. The van der Waals surface area contributed by atoms with Crippen molar-refractivity contribution < 1.29 is 0 Å². The standard InChI is InChI=1S/C14H15N3/c15-7-13-12-5-1-3-10(12)9-17-14(13)11-4-2-6-16-8-11/h4,9,16H,1-3,5-6,8H2. The molecule has 0 aromatic carbocycles. The van der Waals surface area contributed by atoms with E-state index in [2.05, 4.69) is 22.4 Å². The minimum atomic E-state index is 0.815. The zero-order chi connectivity index (χ0) is 11.7. The maximum absolute atomic E-state index is 9.38. The van der Waals surface area contributed by atoms with Gasteiger partial charge in [-0.1, -0.05) is 6.08 Å². The second kappa shape index (κ2) is 4.31. The number of aromatic nitrogens is 1. The summed E-state index contributed by atoms with van der Waals surface area (Å²) in [6, 6.07) is 2.36. The van der Waals surface area contributed by atoms with Gasteiger partial charge in [0.1, 0.15) is 6.07 Å². The molecule has 17 heavy (non-hydrogen) atoms. The van der Waals surface area contributed by atoms with Crippen LogP contribution in [-0.4, -0.2) is 18.1 Å². The molecular weight excluding hydrogens is 210 g/mol. The lowest BCUT2D eigenvalue weighted by Gasteiger charge is -2.16. The van der Waals surface area contributed by atoms with Gasteiger partial charge in [0.15, 0.2) is 0 Å². The molecule has 0 fully saturated rings. The fourth-order valence-electron chi connectivity index (χ4n) is 2.73. The number of hydrogen-bond acceptors (Lipinski definition) is 3. The molecule has 1 aliphatic heterocycles. The third-order valence-electron chi connectivity index (χ3n) is 3.59. The summed E-state index contributed by atoms with van der Waals surface area (Å²) in [5.41, 5.74) is 5.41. The van der Waals surface area contributed by atoms with Crippen LogP contribution < -0.4 is 5.32 Å². The van der Waals surface area contributed by atoms with E-state index in [1.807, 2.05) is 6.20 Å². The molecule has 2 aliphatic rings. The van der Waals surface area contributed by atoms with Crippen LogP contribution >= 0.6 is 0 Å². The summed E-state index contributed by atoms with van der Waals surface area (Å²) in [5.74, 6) is 0. The molecule has 0 saturated carbocycles. The van der Waals surface area contributed by atoms with Gasteiger partial charge >= 0.3 is 0 Å². The van der Waals surface area contributed by atoms with Gasteiger partial charge in [-0.05, 0) is 48.9 Å². The molecule has 0 amide bonds. The van der Waals surface area contributed by atoms with Crippen molar-refractivity contribution in [3.05, 3.63) is 34.7 Å². The number of hydrogen-bond donors (Lipinski definition) is 1. The third-order valence-corrected chi connectivity index (χ3v) is 3.59. The zero-order valence-corrected chi connectivity index (χ0v) is 9.79. The summed E-state index contributed by atoms with van der Waals surface area (Å²) in [6.07, 6.45) is 8.48. The molecule has 0 atom stereocenters. The average Bonchev–Trinajstić information content (AvgIpc) is 2.86. The highest BCUT2D eigenvalue weighted by atomic mass is 14.9. The fraction of sp³-hybridized carbons (Fsp3) is 0.429. The Morgan fingerprint density at radius 1 is 1.35 bits per heavy atom. The summed E-state index contributed by atoms with van der Waals surface area (Å²) in [7, 11) is 0. The largest absolute Gasteiger partial charge is 0.312 e. The Bertz CT molecular complexity index is 523. The molecule has 2 heterocycles. The van der Waals surface area contributed by atoms with Crippen molar-refractivity contribution in [1.29, 1.82) is 5.26 Å². The van der Waals surface area contributed by atoms with Gasteiger partial charge in [-0.15, -0.1) is 0 Å². The topological polar surface area (TPSA) is 48.7 Å². The van der Waals surface area contributed by atoms with Crippen LogP contribution in [0.2, 0.25) is 0 Å². The minimum Gasteiger partial charge on any atom is -0.312 e. The van der Waals surface area contributed by atoms with Crippen molar-refractivity contribution in [3.8, 4) is 6.07 Å². The Labute approximate surface area is 101 Å². The Morgan fingerprint density at radius 2 is 2.29 bits per heavy atom. The van der Waals surface area contributed by atoms with Gasteiger partial charge < -0.3 is 5.32 Å². The maximum atomic E-state index is 9.38. The molecule has 1 aromatic rings. The van der Waals surface area contributed by atoms with E-state index in [0.29, 0.717) is 0 Å². The van der Waals surface area contributed by atoms with Gasteiger partial charge in [-0.3, -0.25) is 4.98 Å². The van der Waals surface area contributed by atoms with Crippen molar-refractivity contribution in [1.82, 2.24) is 10.3 Å². The van der Waals surface area contributed by atoms with E-state index in [4.69, 9.17) is 0 Å². The monoisotopic (exact) mass is 225 g/mol. The van der Waals surface area contributed by atoms with Gasteiger partial charge in [0.05, 0.1) is 11.3 Å². The average molecular weight is 225 g/mol. The van der Waals surface area contributed by atoms with Crippen LogP contribution in [0.3, 0.4) is 0 Å². The van der Waals surface area contributed by atoms with Gasteiger partial charge in [-0.2, -0.15) is 5.26 Å². The van der Waals surface area contributed by atoms with Gasteiger partial charge in [0, 0.05) is 12.7 Å². The molecule has 3 heteroatoms. The van der Waals surface area contributed by atoms with Crippen molar-refractivity contribution in [2.24, 2.45) is 0 Å². The zero-order valence-electron chi connectivity index (χ0n) is 9.79. The first kappa shape index (κ1) is 10.5. The predicted molar refractivity (Wildman–Crippen MR) is 66.4 cm³/mol. The molecule has 1 aromatic heterocycles. The van der Waals surface area contributed by atoms with E-state index >= 15 is 0 Å². The van der Waals surface area contributed by atoms with E-state index in [-0.39, 0.29) is 0 Å². The van der Waals surface area contributed by atoms with Crippen molar-refractivity contribution in [3.63, 3.8) is 0 Å². The first-order valence-corrected chi connectivity index (χ1v) is 6.21. The van der Waals surface area contributed by atoms with E-state index in [9.17, 15) is 5.26 Å². The molecule has 0 saturated heterocycles. The van der Waals surface area contributed by atoms with Crippen LogP contribution in [0.4, 0.5) is 0 Å². The number of nitrogens with zero attached hydrogens (tertiary/aromatic N) is 2. The van der Waals surface area contributed by atoms with Crippen LogP contribution in [0.5, 0.6) is 0 Å². The van der Waals surface area contributed by atoms with E-state index < -0.39 is 0 Å². The lowest BCUT2D eigenvalue weighted by Crippen LogP contribution is -2.22. The summed E-state index contributed by atoms with van der Waals surface area (Å²) < 4.78 is 0. The van der Waals surface area contributed by atoms with Crippen LogP contribution in [-0.2, 0) is 12.8 Å². The summed E-state index contributed by atoms with van der Waals surface area (Å²) >= 11 is 0. The normalized spacial score (nSPS) is 18.4. The Balaban J connectivity index is 2.11. The molecule has 0 unspecified atom stereocenters. The SMILES string of the molecule is N#Cc1c(C2=CCCNC2)ncc2c1CCC2. The predicted octanol–water partition coefficient (Wildman–Crippen LogP) is 1.82. The summed E-state index contributed by atoms with van der Waals surface area (Å²) in [5, 5.41) is 12.7. The van der Waals surface area contributed by atoms with Crippen LogP contribution in [0.1, 0.15) is 35.2 Å². The highest BCUT2D eigenvalue weighted by Crippen LogP contribution is 2.29. The number of aryl methyl sites for hydroxylation is 1. The quantitative estimate of drug-likeness (QED) is 0.793. The lowest BCUT2D eigenvalue weighted by molar-refractivity contribution is 0.737. The highest BCUT2D eigenvalue weighted by molar-refractivity contribution is 5.71. The first-order chi connectivity index (χ1) is 8.40. The smallest absolute Gasteiger partial charge is 0.102 e. The molecule has 3 nitrogen and oxygen atoms in total. The van der Waals surface area contributed by atoms with Gasteiger partial charge in [-0.25, -0.2) is 0 Å². The van der Waals surface area contributed by atoms with Crippen LogP contribution in [0.25, 0.3) is 5.57 Å². The number of pyridine rings is 1. The van der Waals surface area contributed by atoms with E-state index in [0.717, 1.165) is 50.0 Å². The molecular formula is C14H15N3. The molecule has 0 bridgehead atoms. The Hall–Kier alpha value is -1.66.